The number of benzene rings is 1. The van der Waals surface area contributed by atoms with Crippen molar-refractivity contribution < 1.29 is 9.53 Å². The molecule has 20 heavy (non-hydrogen) atoms. The van der Waals surface area contributed by atoms with Crippen LogP contribution in [0.4, 0.5) is 0 Å². The first-order chi connectivity index (χ1) is 9.61. The number of aromatic nitrogens is 1. The van der Waals surface area contributed by atoms with Gasteiger partial charge in [-0.25, -0.2) is 0 Å². The molecule has 0 N–H and O–H groups in total. The van der Waals surface area contributed by atoms with Crippen molar-refractivity contribution in [2.45, 2.75) is 39.0 Å². The van der Waals surface area contributed by atoms with Crippen molar-refractivity contribution >= 4 is 16.9 Å². The summed E-state index contributed by atoms with van der Waals surface area (Å²) in [4.78, 5) is 12.2. The van der Waals surface area contributed by atoms with E-state index in [0.717, 1.165) is 25.0 Å². The molecule has 1 aromatic carbocycles. The van der Waals surface area contributed by atoms with Gasteiger partial charge in [-0.3, -0.25) is 4.79 Å². The molecule has 0 amide bonds. The summed E-state index contributed by atoms with van der Waals surface area (Å²) in [6, 6.07) is 8.28. The number of methoxy groups -OCH3 is 1. The fourth-order valence-corrected chi connectivity index (χ4v) is 3.01. The second-order valence-electron chi connectivity index (χ2n) is 5.30. The highest BCUT2D eigenvalue weighted by Gasteiger charge is 2.27. The molecule has 0 aliphatic rings. The SMILES string of the molecule is CCCCC(C(=O)OC)c1c(C)c2ccccc2n1C. The average Bonchev–Trinajstić information content (AvgIpc) is 2.73. The lowest BCUT2D eigenvalue weighted by atomic mass is 9.95. The zero-order chi connectivity index (χ0) is 14.7. The minimum absolute atomic E-state index is 0.132. The van der Waals surface area contributed by atoms with Crippen molar-refractivity contribution in [1.82, 2.24) is 4.57 Å². The van der Waals surface area contributed by atoms with Crippen molar-refractivity contribution in [2.24, 2.45) is 7.05 Å². The normalized spacial score (nSPS) is 12.6. The lowest BCUT2D eigenvalue weighted by Gasteiger charge is -2.17. The van der Waals surface area contributed by atoms with E-state index in [1.165, 1.54) is 23.6 Å². The van der Waals surface area contributed by atoms with Gasteiger partial charge >= 0.3 is 5.97 Å². The summed E-state index contributed by atoms with van der Waals surface area (Å²) in [6.07, 6.45) is 2.95. The molecule has 0 saturated carbocycles. The van der Waals surface area contributed by atoms with Gasteiger partial charge in [-0.15, -0.1) is 0 Å². The van der Waals surface area contributed by atoms with Crippen LogP contribution in [0, 0.1) is 6.92 Å². The molecule has 3 nitrogen and oxygen atoms in total. The first-order valence-electron chi connectivity index (χ1n) is 7.23. The third-order valence-electron chi connectivity index (χ3n) is 4.08. The number of fused-ring (bicyclic) bond motifs is 1. The summed E-state index contributed by atoms with van der Waals surface area (Å²) in [7, 11) is 3.51. The number of para-hydroxylation sites is 1. The summed E-state index contributed by atoms with van der Waals surface area (Å²) >= 11 is 0. The first kappa shape index (κ1) is 14.6. The summed E-state index contributed by atoms with van der Waals surface area (Å²) < 4.78 is 7.16. The Morgan fingerprint density at radius 2 is 2.05 bits per heavy atom. The Balaban J connectivity index is 2.55. The molecule has 1 heterocycles. The van der Waals surface area contributed by atoms with Crippen LogP contribution in [0.15, 0.2) is 24.3 Å². The van der Waals surface area contributed by atoms with Gasteiger partial charge in [0.05, 0.1) is 13.0 Å². The molecule has 0 aliphatic heterocycles. The molecule has 2 rings (SSSR count). The van der Waals surface area contributed by atoms with Crippen LogP contribution in [0.2, 0.25) is 0 Å². The quantitative estimate of drug-likeness (QED) is 0.773. The second-order valence-corrected chi connectivity index (χ2v) is 5.30. The van der Waals surface area contributed by atoms with Gasteiger partial charge in [-0.2, -0.15) is 0 Å². The van der Waals surface area contributed by atoms with E-state index in [-0.39, 0.29) is 11.9 Å². The van der Waals surface area contributed by atoms with Crippen molar-refractivity contribution in [3.05, 3.63) is 35.5 Å². The molecule has 108 valence electrons. The molecule has 1 unspecified atom stereocenters. The van der Waals surface area contributed by atoms with Crippen molar-refractivity contribution in [1.29, 1.82) is 0 Å². The minimum Gasteiger partial charge on any atom is -0.469 e. The summed E-state index contributed by atoms with van der Waals surface area (Å²) in [5.74, 6) is -0.301. The van der Waals surface area contributed by atoms with Gasteiger partial charge in [0.2, 0.25) is 0 Å². The number of aryl methyl sites for hydroxylation is 2. The van der Waals surface area contributed by atoms with Gasteiger partial charge < -0.3 is 9.30 Å². The zero-order valence-electron chi connectivity index (χ0n) is 12.8. The van der Waals surface area contributed by atoms with E-state index in [0.29, 0.717) is 0 Å². The Bertz CT molecular complexity index is 574. The van der Waals surface area contributed by atoms with Crippen LogP contribution in [0.1, 0.15) is 43.4 Å². The lowest BCUT2D eigenvalue weighted by Crippen LogP contribution is -2.18. The topological polar surface area (TPSA) is 31.2 Å². The fraction of sp³-hybridized carbons (Fsp3) is 0.471. The number of hydrogen-bond donors (Lipinski definition) is 0. The molecule has 0 bridgehead atoms. The third kappa shape index (κ3) is 2.45. The predicted octanol–water partition coefficient (Wildman–Crippen LogP) is 3.93. The lowest BCUT2D eigenvalue weighted by molar-refractivity contribution is -0.142. The van der Waals surface area contributed by atoms with Crippen LogP contribution in [-0.4, -0.2) is 17.6 Å². The van der Waals surface area contributed by atoms with E-state index in [1.54, 1.807) is 0 Å². The molecule has 0 aliphatic carbocycles. The van der Waals surface area contributed by atoms with Crippen LogP contribution in [0.5, 0.6) is 0 Å². The summed E-state index contributed by atoms with van der Waals surface area (Å²) in [6.45, 7) is 4.24. The first-order valence-corrected chi connectivity index (χ1v) is 7.23. The Morgan fingerprint density at radius 1 is 1.35 bits per heavy atom. The van der Waals surface area contributed by atoms with E-state index in [1.807, 2.05) is 19.2 Å². The Kier molecular flexibility index (Phi) is 4.48. The van der Waals surface area contributed by atoms with Gasteiger partial charge in [0.15, 0.2) is 0 Å². The number of rotatable bonds is 5. The number of esters is 1. The highest BCUT2D eigenvalue weighted by Crippen LogP contribution is 2.33. The van der Waals surface area contributed by atoms with E-state index in [4.69, 9.17) is 4.74 Å². The third-order valence-corrected chi connectivity index (χ3v) is 4.08. The van der Waals surface area contributed by atoms with Crippen LogP contribution in [0.25, 0.3) is 10.9 Å². The molecule has 0 radical (unpaired) electrons. The van der Waals surface area contributed by atoms with Crippen molar-refractivity contribution in [3.63, 3.8) is 0 Å². The highest BCUT2D eigenvalue weighted by atomic mass is 16.5. The number of carbonyl (C=O) groups excluding carboxylic acids is 1. The molecule has 0 saturated heterocycles. The molecule has 1 atom stereocenters. The molecule has 2 aromatic rings. The predicted molar refractivity (Wildman–Crippen MR) is 81.9 cm³/mol. The Labute approximate surface area is 120 Å². The fourth-order valence-electron chi connectivity index (χ4n) is 3.01. The van der Waals surface area contributed by atoms with Gasteiger partial charge in [-0.05, 0) is 25.0 Å². The summed E-state index contributed by atoms with van der Waals surface area (Å²) in [5.41, 5.74) is 3.45. The molecular formula is C17H23NO2. The molecule has 0 spiro atoms. The Morgan fingerprint density at radius 3 is 2.65 bits per heavy atom. The van der Waals surface area contributed by atoms with Gasteiger partial charge in [0.25, 0.3) is 0 Å². The largest absolute Gasteiger partial charge is 0.469 e. The van der Waals surface area contributed by atoms with Gasteiger partial charge in [0.1, 0.15) is 0 Å². The maximum atomic E-state index is 12.2. The standard InChI is InChI=1S/C17H23NO2/c1-5-6-9-14(17(19)20-4)16-12(2)13-10-7-8-11-15(13)18(16)3/h7-8,10-11,14H,5-6,9H2,1-4H3. The number of ether oxygens (including phenoxy) is 1. The number of hydrogen-bond acceptors (Lipinski definition) is 2. The molecule has 3 heteroatoms. The maximum Gasteiger partial charge on any atom is 0.314 e. The van der Waals surface area contributed by atoms with Crippen molar-refractivity contribution in [3.8, 4) is 0 Å². The van der Waals surface area contributed by atoms with Crippen molar-refractivity contribution in [2.75, 3.05) is 7.11 Å². The van der Waals surface area contributed by atoms with Crippen LogP contribution >= 0.6 is 0 Å². The maximum absolute atomic E-state index is 12.2. The second kappa shape index (κ2) is 6.12. The average molecular weight is 273 g/mol. The van der Waals surface area contributed by atoms with E-state index in [9.17, 15) is 4.79 Å². The van der Waals surface area contributed by atoms with Crippen LogP contribution in [0.3, 0.4) is 0 Å². The highest BCUT2D eigenvalue weighted by molar-refractivity contribution is 5.88. The van der Waals surface area contributed by atoms with E-state index >= 15 is 0 Å². The molecule has 0 fully saturated rings. The Hall–Kier alpha value is -1.77. The number of nitrogens with zero attached hydrogens (tertiary/aromatic N) is 1. The van der Waals surface area contributed by atoms with Crippen LogP contribution in [-0.2, 0) is 16.6 Å². The molecule has 1 aromatic heterocycles. The number of unbranched alkanes of at least 4 members (excludes halogenated alkanes) is 1. The smallest absolute Gasteiger partial charge is 0.314 e. The van der Waals surface area contributed by atoms with E-state index in [2.05, 4.69) is 30.5 Å². The molecular weight excluding hydrogens is 250 g/mol. The van der Waals surface area contributed by atoms with E-state index < -0.39 is 0 Å². The monoisotopic (exact) mass is 273 g/mol. The zero-order valence-corrected chi connectivity index (χ0v) is 12.8. The minimum atomic E-state index is -0.169. The van der Waals surface area contributed by atoms with Crippen LogP contribution < -0.4 is 0 Å². The number of carbonyl (C=O) groups is 1. The van der Waals surface area contributed by atoms with Gasteiger partial charge in [0, 0.05) is 23.6 Å². The summed E-state index contributed by atoms with van der Waals surface area (Å²) in [5, 5.41) is 1.22. The van der Waals surface area contributed by atoms with Gasteiger partial charge in [-0.1, -0.05) is 38.0 Å².